The SMILES string of the molecule is CCN(CC(C)(C)O)C(=O)c1ccc(CN)cn1. The highest BCUT2D eigenvalue weighted by molar-refractivity contribution is 5.92. The lowest BCUT2D eigenvalue weighted by Gasteiger charge is -2.27. The van der Waals surface area contributed by atoms with E-state index in [1.807, 2.05) is 6.92 Å². The van der Waals surface area contributed by atoms with Crippen molar-refractivity contribution in [1.82, 2.24) is 9.88 Å². The molecule has 0 unspecified atom stereocenters. The number of likely N-dealkylation sites (N-methyl/N-ethyl adjacent to an activating group) is 1. The number of aliphatic hydroxyl groups is 1. The number of amides is 1. The Labute approximate surface area is 108 Å². The second-order valence-electron chi connectivity index (χ2n) is 4.89. The van der Waals surface area contributed by atoms with Crippen molar-refractivity contribution in [3.05, 3.63) is 29.6 Å². The van der Waals surface area contributed by atoms with E-state index in [-0.39, 0.29) is 12.5 Å². The van der Waals surface area contributed by atoms with E-state index in [2.05, 4.69) is 4.98 Å². The Balaban J connectivity index is 2.82. The summed E-state index contributed by atoms with van der Waals surface area (Å²) in [7, 11) is 0. The molecule has 0 bridgehead atoms. The predicted octanol–water partition coefficient (Wildman–Crippen LogP) is 0.773. The summed E-state index contributed by atoms with van der Waals surface area (Å²) in [5, 5.41) is 9.77. The number of hydrogen-bond acceptors (Lipinski definition) is 4. The van der Waals surface area contributed by atoms with Crippen LogP contribution in [0, 0.1) is 0 Å². The molecule has 0 radical (unpaired) electrons. The zero-order valence-electron chi connectivity index (χ0n) is 11.2. The molecule has 1 heterocycles. The monoisotopic (exact) mass is 251 g/mol. The van der Waals surface area contributed by atoms with Gasteiger partial charge in [-0.2, -0.15) is 0 Å². The number of carbonyl (C=O) groups excluding carboxylic acids is 1. The minimum atomic E-state index is -0.914. The molecule has 0 aliphatic carbocycles. The average Bonchev–Trinajstić information content (AvgIpc) is 2.34. The molecule has 1 aromatic rings. The number of carbonyl (C=O) groups is 1. The van der Waals surface area contributed by atoms with E-state index in [4.69, 9.17) is 5.73 Å². The summed E-state index contributed by atoms with van der Waals surface area (Å²) >= 11 is 0. The lowest BCUT2D eigenvalue weighted by molar-refractivity contribution is 0.0311. The van der Waals surface area contributed by atoms with Gasteiger partial charge in [-0.15, -0.1) is 0 Å². The zero-order valence-corrected chi connectivity index (χ0v) is 11.2. The lowest BCUT2D eigenvalue weighted by atomic mass is 10.1. The maximum absolute atomic E-state index is 12.2. The first-order valence-electron chi connectivity index (χ1n) is 6.04. The number of pyridine rings is 1. The molecule has 1 amide bonds. The Kier molecular flexibility index (Phi) is 4.81. The van der Waals surface area contributed by atoms with Crippen molar-refractivity contribution in [2.45, 2.75) is 32.9 Å². The van der Waals surface area contributed by atoms with Gasteiger partial charge < -0.3 is 15.7 Å². The van der Waals surface area contributed by atoms with Crippen molar-refractivity contribution in [2.24, 2.45) is 5.73 Å². The quantitative estimate of drug-likeness (QED) is 0.810. The van der Waals surface area contributed by atoms with Crippen LogP contribution in [0.3, 0.4) is 0 Å². The second-order valence-corrected chi connectivity index (χ2v) is 4.89. The van der Waals surface area contributed by atoms with E-state index in [0.717, 1.165) is 5.56 Å². The Morgan fingerprint density at radius 1 is 1.50 bits per heavy atom. The molecule has 100 valence electrons. The largest absolute Gasteiger partial charge is 0.389 e. The summed E-state index contributed by atoms with van der Waals surface area (Å²) < 4.78 is 0. The van der Waals surface area contributed by atoms with Crippen LogP contribution >= 0.6 is 0 Å². The van der Waals surface area contributed by atoms with E-state index < -0.39 is 5.60 Å². The fourth-order valence-electron chi connectivity index (χ4n) is 1.63. The van der Waals surface area contributed by atoms with Crippen LogP contribution in [0.2, 0.25) is 0 Å². The van der Waals surface area contributed by atoms with Crippen LogP contribution in [0.15, 0.2) is 18.3 Å². The van der Waals surface area contributed by atoms with Gasteiger partial charge in [-0.25, -0.2) is 0 Å². The number of nitrogens with two attached hydrogens (primary N) is 1. The maximum atomic E-state index is 12.2. The third-order valence-corrected chi connectivity index (χ3v) is 2.53. The van der Waals surface area contributed by atoms with Crippen molar-refractivity contribution in [3.63, 3.8) is 0 Å². The fourth-order valence-corrected chi connectivity index (χ4v) is 1.63. The Morgan fingerprint density at radius 2 is 2.17 bits per heavy atom. The Morgan fingerprint density at radius 3 is 2.56 bits per heavy atom. The molecule has 1 aromatic heterocycles. The number of nitrogens with zero attached hydrogens (tertiary/aromatic N) is 2. The highest BCUT2D eigenvalue weighted by atomic mass is 16.3. The minimum Gasteiger partial charge on any atom is -0.389 e. The molecule has 5 nitrogen and oxygen atoms in total. The molecule has 18 heavy (non-hydrogen) atoms. The van der Waals surface area contributed by atoms with Crippen LogP contribution in [0.25, 0.3) is 0 Å². The molecule has 0 aliphatic rings. The van der Waals surface area contributed by atoms with E-state index in [0.29, 0.717) is 18.8 Å². The van der Waals surface area contributed by atoms with E-state index in [1.54, 1.807) is 37.1 Å². The van der Waals surface area contributed by atoms with Gasteiger partial charge in [0.1, 0.15) is 5.69 Å². The molecule has 0 fully saturated rings. The van der Waals surface area contributed by atoms with Gasteiger partial charge in [0.25, 0.3) is 5.91 Å². The Hall–Kier alpha value is -1.46. The van der Waals surface area contributed by atoms with Gasteiger partial charge in [-0.3, -0.25) is 9.78 Å². The lowest BCUT2D eigenvalue weighted by Crippen LogP contribution is -2.42. The van der Waals surface area contributed by atoms with Crippen LogP contribution in [0.1, 0.15) is 36.8 Å². The molecule has 0 aliphatic heterocycles. The topological polar surface area (TPSA) is 79.5 Å². The maximum Gasteiger partial charge on any atom is 0.272 e. The van der Waals surface area contributed by atoms with Gasteiger partial charge in [-0.05, 0) is 32.4 Å². The summed E-state index contributed by atoms with van der Waals surface area (Å²) in [5.74, 6) is -0.178. The van der Waals surface area contributed by atoms with Crippen LogP contribution in [0.5, 0.6) is 0 Å². The van der Waals surface area contributed by atoms with Crippen molar-refractivity contribution in [2.75, 3.05) is 13.1 Å². The van der Waals surface area contributed by atoms with Crippen LogP contribution < -0.4 is 5.73 Å². The average molecular weight is 251 g/mol. The molecule has 3 N–H and O–H groups in total. The third kappa shape index (κ3) is 4.09. The summed E-state index contributed by atoms with van der Waals surface area (Å²) in [5.41, 5.74) is 5.82. The van der Waals surface area contributed by atoms with E-state index in [9.17, 15) is 9.90 Å². The molecule has 0 saturated carbocycles. The number of aromatic nitrogens is 1. The third-order valence-electron chi connectivity index (χ3n) is 2.53. The first-order chi connectivity index (χ1) is 8.37. The number of hydrogen-bond donors (Lipinski definition) is 2. The molecular weight excluding hydrogens is 230 g/mol. The fraction of sp³-hybridized carbons (Fsp3) is 0.538. The van der Waals surface area contributed by atoms with E-state index in [1.165, 1.54) is 0 Å². The highest BCUT2D eigenvalue weighted by Crippen LogP contribution is 2.09. The van der Waals surface area contributed by atoms with Crippen molar-refractivity contribution < 1.29 is 9.90 Å². The molecule has 1 rings (SSSR count). The van der Waals surface area contributed by atoms with Gasteiger partial charge in [0, 0.05) is 25.8 Å². The van der Waals surface area contributed by atoms with Gasteiger partial charge in [0.2, 0.25) is 0 Å². The van der Waals surface area contributed by atoms with Crippen LogP contribution in [-0.2, 0) is 6.54 Å². The Bertz CT molecular complexity index is 396. The molecule has 0 atom stereocenters. The zero-order chi connectivity index (χ0) is 13.8. The normalized spacial score (nSPS) is 11.4. The first kappa shape index (κ1) is 14.6. The summed E-state index contributed by atoms with van der Waals surface area (Å²) in [6.45, 7) is 6.44. The summed E-state index contributed by atoms with van der Waals surface area (Å²) in [4.78, 5) is 17.8. The molecule has 5 heteroatoms. The molecule has 0 aromatic carbocycles. The minimum absolute atomic E-state index is 0.178. The van der Waals surface area contributed by atoms with Crippen molar-refractivity contribution >= 4 is 5.91 Å². The summed E-state index contributed by atoms with van der Waals surface area (Å²) in [6.07, 6.45) is 1.60. The van der Waals surface area contributed by atoms with Crippen molar-refractivity contribution in [1.29, 1.82) is 0 Å². The predicted molar refractivity (Wildman–Crippen MR) is 70.0 cm³/mol. The molecular formula is C13H21N3O2. The highest BCUT2D eigenvalue weighted by Gasteiger charge is 2.22. The number of rotatable bonds is 5. The smallest absolute Gasteiger partial charge is 0.272 e. The van der Waals surface area contributed by atoms with Gasteiger partial charge in [0.05, 0.1) is 5.60 Å². The van der Waals surface area contributed by atoms with Gasteiger partial charge in [-0.1, -0.05) is 6.07 Å². The van der Waals surface area contributed by atoms with Gasteiger partial charge in [0.15, 0.2) is 0 Å². The van der Waals surface area contributed by atoms with E-state index >= 15 is 0 Å². The van der Waals surface area contributed by atoms with Gasteiger partial charge >= 0.3 is 0 Å². The van der Waals surface area contributed by atoms with Crippen LogP contribution in [-0.4, -0.2) is 39.6 Å². The standard InChI is InChI=1S/C13H21N3O2/c1-4-16(9-13(2,3)18)12(17)11-6-5-10(7-14)8-15-11/h5-6,8,18H,4,7,9,14H2,1-3H3. The second kappa shape index (κ2) is 5.93. The van der Waals surface area contributed by atoms with Crippen LogP contribution in [0.4, 0.5) is 0 Å². The molecule has 0 spiro atoms. The first-order valence-corrected chi connectivity index (χ1v) is 6.04. The molecule has 0 saturated heterocycles. The summed E-state index contributed by atoms with van der Waals surface area (Å²) in [6, 6.07) is 3.45. The van der Waals surface area contributed by atoms with Crippen molar-refractivity contribution in [3.8, 4) is 0 Å².